The molecule has 1 aliphatic carbocycles. The second-order valence-corrected chi connectivity index (χ2v) is 5.82. The molecule has 2 rings (SSSR count). The van der Waals surface area contributed by atoms with E-state index in [0.717, 1.165) is 31.6 Å². The lowest BCUT2D eigenvalue weighted by molar-refractivity contribution is -0.134. The SMILES string of the molecule is CCCn1ncnc1CC(=O)C(OCC)C1CCCCC1. The van der Waals surface area contributed by atoms with E-state index in [2.05, 4.69) is 17.0 Å². The molecule has 0 spiro atoms. The fourth-order valence-electron chi connectivity index (χ4n) is 3.19. The Morgan fingerprint density at radius 3 is 2.81 bits per heavy atom. The Morgan fingerprint density at radius 1 is 1.38 bits per heavy atom. The van der Waals surface area contributed by atoms with Gasteiger partial charge in [0.25, 0.3) is 0 Å². The number of carbonyl (C=O) groups excluding carboxylic acids is 1. The largest absolute Gasteiger partial charge is 0.370 e. The standard InChI is InChI=1S/C16H27N3O2/c1-3-10-19-15(17-12-18-19)11-14(20)16(21-4-2)13-8-6-5-7-9-13/h12-13,16H,3-11H2,1-2H3. The fourth-order valence-corrected chi connectivity index (χ4v) is 3.19. The maximum atomic E-state index is 12.7. The van der Waals surface area contributed by atoms with Crippen LogP contribution in [0.5, 0.6) is 0 Å². The van der Waals surface area contributed by atoms with Gasteiger partial charge in [-0.25, -0.2) is 9.67 Å². The van der Waals surface area contributed by atoms with E-state index in [-0.39, 0.29) is 11.9 Å². The number of aryl methyl sites for hydroxylation is 1. The fraction of sp³-hybridized carbons (Fsp3) is 0.812. The molecule has 0 amide bonds. The summed E-state index contributed by atoms with van der Waals surface area (Å²) in [5.41, 5.74) is 0. The maximum absolute atomic E-state index is 12.7. The topological polar surface area (TPSA) is 57.0 Å². The third-order valence-corrected chi connectivity index (χ3v) is 4.21. The van der Waals surface area contributed by atoms with Crippen molar-refractivity contribution >= 4 is 5.78 Å². The Balaban J connectivity index is 2.01. The molecule has 0 saturated heterocycles. The van der Waals surface area contributed by atoms with Crippen molar-refractivity contribution in [2.75, 3.05) is 6.61 Å². The summed E-state index contributed by atoms with van der Waals surface area (Å²) in [4.78, 5) is 16.9. The molecule has 5 nitrogen and oxygen atoms in total. The first-order valence-electron chi connectivity index (χ1n) is 8.27. The molecule has 118 valence electrons. The van der Waals surface area contributed by atoms with Crippen LogP contribution in [0.3, 0.4) is 0 Å². The highest BCUT2D eigenvalue weighted by Gasteiger charge is 2.30. The zero-order valence-electron chi connectivity index (χ0n) is 13.3. The highest BCUT2D eigenvalue weighted by molar-refractivity contribution is 5.85. The van der Waals surface area contributed by atoms with Crippen molar-refractivity contribution in [1.82, 2.24) is 14.8 Å². The summed E-state index contributed by atoms with van der Waals surface area (Å²) in [7, 11) is 0. The van der Waals surface area contributed by atoms with Gasteiger partial charge in [-0.2, -0.15) is 5.10 Å². The third-order valence-electron chi connectivity index (χ3n) is 4.21. The molecule has 1 saturated carbocycles. The minimum absolute atomic E-state index is 0.161. The number of carbonyl (C=O) groups is 1. The van der Waals surface area contributed by atoms with Crippen LogP contribution in [0.25, 0.3) is 0 Å². The smallest absolute Gasteiger partial charge is 0.169 e. The van der Waals surface area contributed by atoms with Crippen LogP contribution in [0.2, 0.25) is 0 Å². The Kier molecular flexibility index (Phi) is 6.36. The van der Waals surface area contributed by atoms with Crippen LogP contribution >= 0.6 is 0 Å². The van der Waals surface area contributed by atoms with Crippen molar-refractivity contribution in [2.45, 2.75) is 71.4 Å². The van der Waals surface area contributed by atoms with Gasteiger partial charge in [0, 0.05) is 13.2 Å². The quantitative estimate of drug-likeness (QED) is 0.739. The Morgan fingerprint density at radius 2 is 2.14 bits per heavy atom. The van der Waals surface area contributed by atoms with Gasteiger partial charge in [-0.1, -0.05) is 26.2 Å². The van der Waals surface area contributed by atoms with Crippen molar-refractivity contribution < 1.29 is 9.53 Å². The number of aromatic nitrogens is 3. The molecule has 1 atom stereocenters. The van der Waals surface area contributed by atoms with E-state index < -0.39 is 0 Å². The van der Waals surface area contributed by atoms with Crippen molar-refractivity contribution in [3.63, 3.8) is 0 Å². The molecule has 0 aliphatic heterocycles. The summed E-state index contributed by atoms with van der Waals surface area (Å²) >= 11 is 0. The van der Waals surface area contributed by atoms with Crippen LogP contribution in [0, 0.1) is 5.92 Å². The monoisotopic (exact) mass is 293 g/mol. The summed E-state index contributed by atoms with van der Waals surface area (Å²) in [6.45, 7) is 5.46. The van der Waals surface area contributed by atoms with Gasteiger partial charge in [0.2, 0.25) is 0 Å². The van der Waals surface area contributed by atoms with Crippen LogP contribution in [-0.4, -0.2) is 33.3 Å². The molecule has 1 aromatic rings. The van der Waals surface area contributed by atoms with Crippen molar-refractivity contribution in [1.29, 1.82) is 0 Å². The molecule has 0 aromatic carbocycles. The molecule has 0 bridgehead atoms. The van der Waals surface area contributed by atoms with Crippen molar-refractivity contribution in [2.24, 2.45) is 5.92 Å². The second-order valence-electron chi connectivity index (χ2n) is 5.82. The minimum atomic E-state index is -0.262. The van der Waals surface area contributed by atoms with Gasteiger partial charge in [0.05, 0.1) is 6.42 Å². The molecule has 1 fully saturated rings. The summed E-state index contributed by atoms with van der Waals surface area (Å²) in [5, 5.41) is 4.19. The predicted octanol–water partition coefficient (Wildman–Crippen LogP) is 2.79. The van der Waals surface area contributed by atoms with Gasteiger partial charge in [-0.15, -0.1) is 0 Å². The Labute approximate surface area is 127 Å². The lowest BCUT2D eigenvalue weighted by Crippen LogP contribution is -2.35. The molecule has 1 heterocycles. The summed E-state index contributed by atoms with van der Waals surface area (Å²) < 4.78 is 7.62. The van der Waals surface area contributed by atoms with Crippen molar-refractivity contribution in [3.8, 4) is 0 Å². The van der Waals surface area contributed by atoms with E-state index in [1.54, 1.807) is 0 Å². The number of Topliss-reactive ketones (excluding diaryl/α,β-unsaturated/α-hetero) is 1. The zero-order valence-corrected chi connectivity index (χ0v) is 13.3. The van der Waals surface area contributed by atoms with Crippen LogP contribution in [0.4, 0.5) is 0 Å². The molecule has 21 heavy (non-hydrogen) atoms. The zero-order chi connectivity index (χ0) is 15.1. The van der Waals surface area contributed by atoms with Gasteiger partial charge in [-0.05, 0) is 32.1 Å². The number of ether oxygens (including phenoxy) is 1. The predicted molar refractivity (Wildman–Crippen MR) is 81.0 cm³/mol. The number of hydrogen-bond donors (Lipinski definition) is 0. The average molecular weight is 293 g/mol. The Bertz CT molecular complexity index is 438. The highest BCUT2D eigenvalue weighted by Crippen LogP contribution is 2.29. The summed E-state index contributed by atoms with van der Waals surface area (Å²) in [5.74, 6) is 1.31. The van der Waals surface area contributed by atoms with Crippen molar-refractivity contribution in [3.05, 3.63) is 12.2 Å². The molecule has 1 aliphatic rings. The normalized spacial score (nSPS) is 17.8. The second kappa shape index (κ2) is 8.27. The molecule has 5 heteroatoms. The van der Waals surface area contributed by atoms with Crippen LogP contribution in [-0.2, 0) is 22.5 Å². The molecular formula is C16H27N3O2. The van der Waals surface area contributed by atoms with E-state index in [1.165, 1.54) is 25.6 Å². The van der Waals surface area contributed by atoms with Gasteiger partial charge < -0.3 is 4.74 Å². The highest BCUT2D eigenvalue weighted by atomic mass is 16.5. The summed E-state index contributed by atoms with van der Waals surface area (Å²) in [6.07, 6.45) is 8.53. The number of rotatable bonds is 8. The van der Waals surface area contributed by atoms with Crippen LogP contribution in [0.15, 0.2) is 6.33 Å². The van der Waals surface area contributed by atoms with Gasteiger partial charge >= 0.3 is 0 Å². The van der Waals surface area contributed by atoms with Gasteiger partial charge in [-0.3, -0.25) is 4.79 Å². The summed E-state index contributed by atoms with van der Waals surface area (Å²) in [6, 6.07) is 0. The average Bonchev–Trinajstić information content (AvgIpc) is 2.93. The lowest BCUT2D eigenvalue weighted by Gasteiger charge is -2.29. The minimum Gasteiger partial charge on any atom is -0.370 e. The van der Waals surface area contributed by atoms with E-state index in [0.29, 0.717) is 18.9 Å². The molecule has 1 aromatic heterocycles. The Hall–Kier alpha value is -1.23. The van der Waals surface area contributed by atoms with Crippen LogP contribution < -0.4 is 0 Å². The third kappa shape index (κ3) is 4.37. The molecule has 0 N–H and O–H groups in total. The first-order chi connectivity index (χ1) is 10.3. The van der Waals surface area contributed by atoms with E-state index >= 15 is 0 Å². The van der Waals surface area contributed by atoms with Gasteiger partial charge in [0.15, 0.2) is 5.78 Å². The molecule has 1 unspecified atom stereocenters. The number of hydrogen-bond acceptors (Lipinski definition) is 4. The van der Waals surface area contributed by atoms with Crippen LogP contribution in [0.1, 0.15) is 58.2 Å². The number of nitrogens with zero attached hydrogens (tertiary/aromatic N) is 3. The molecule has 0 radical (unpaired) electrons. The maximum Gasteiger partial charge on any atom is 0.169 e. The van der Waals surface area contributed by atoms with E-state index in [4.69, 9.17) is 4.74 Å². The lowest BCUT2D eigenvalue weighted by atomic mass is 9.83. The van der Waals surface area contributed by atoms with Gasteiger partial charge in [0.1, 0.15) is 18.3 Å². The van der Waals surface area contributed by atoms with E-state index in [9.17, 15) is 4.79 Å². The first-order valence-corrected chi connectivity index (χ1v) is 8.27. The first kappa shape index (κ1) is 16.1. The number of ketones is 1. The van der Waals surface area contributed by atoms with E-state index in [1.807, 2.05) is 11.6 Å². The molecular weight excluding hydrogens is 266 g/mol.